The predicted molar refractivity (Wildman–Crippen MR) is 38.2 cm³/mol. The average molecular weight is 136 g/mol. The number of ketones is 1. The maximum Gasteiger partial charge on any atom is 0.293 e. The number of hydrogen-bond acceptors (Lipinski definition) is 3. The molecule has 1 heterocycles. The molecule has 0 saturated heterocycles. The first kappa shape index (κ1) is 7.21. The monoisotopic (exact) mass is 136 g/mol. The van der Waals surface area contributed by atoms with Crippen molar-refractivity contribution >= 4 is 19.4 Å². The van der Waals surface area contributed by atoms with Crippen LogP contribution in [0.1, 0.15) is 0 Å². The highest BCUT2D eigenvalue weighted by atomic mass is 16.1. The predicted octanol–water partition coefficient (Wildman–Crippen LogP) is -0.763. The van der Waals surface area contributed by atoms with Crippen LogP contribution in [0.2, 0.25) is 0 Å². The van der Waals surface area contributed by atoms with Gasteiger partial charge in [0.15, 0.2) is 5.78 Å². The zero-order chi connectivity index (χ0) is 7.40. The molecular formula is C6H7BNO2. The van der Waals surface area contributed by atoms with Crippen LogP contribution in [0.25, 0.3) is 0 Å². The van der Waals surface area contributed by atoms with E-state index in [4.69, 9.17) is 0 Å². The second kappa shape index (κ2) is 3.32. The van der Waals surface area contributed by atoms with Gasteiger partial charge < -0.3 is 9.61 Å². The molecule has 1 radical (unpaired) electrons. The van der Waals surface area contributed by atoms with Crippen molar-refractivity contribution in [2.45, 2.75) is 0 Å². The summed E-state index contributed by atoms with van der Waals surface area (Å²) < 4.78 is 0. The third-order valence-electron chi connectivity index (χ3n) is 1.27. The largest absolute Gasteiger partial charge is 0.330 e. The van der Waals surface area contributed by atoms with E-state index in [0.29, 0.717) is 19.3 Å². The van der Waals surface area contributed by atoms with E-state index in [1.165, 1.54) is 13.5 Å². The molecule has 0 N–H and O–H groups in total. The first-order valence-electron chi connectivity index (χ1n) is 3.05. The first-order valence-corrected chi connectivity index (χ1v) is 3.05. The molecule has 0 atom stereocenters. The van der Waals surface area contributed by atoms with E-state index in [2.05, 4.69) is 0 Å². The summed E-state index contributed by atoms with van der Waals surface area (Å²) in [7, 11) is 1.38. The zero-order valence-corrected chi connectivity index (χ0v) is 5.49. The van der Waals surface area contributed by atoms with E-state index < -0.39 is 0 Å². The van der Waals surface area contributed by atoms with Crippen molar-refractivity contribution < 1.29 is 9.59 Å². The fraction of sp³-hybridized carbons (Fsp3) is 0.333. The minimum absolute atomic E-state index is 0.0457. The SMILES string of the molecule is O=C[B]N1CC=CC(=O)C1. The molecule has 0 amide bonds. The summed E-state index contributed by atoms with van der Waals surface area (Å²) in [6.07, 6.45) is 3.97. The topological polar surface area (TPSA) is 37.4 Å². The van der Waals surface area contributed by atoms with Gasteiger partial charge in [-0.25, -0.2) is 0 Å². The Bertz CT molecular complexity index is 179. The molecule has 0 aromatic heterocycles. The first-order chi connectivity index (χ1) is 4.83. The van der Waals surface area contributed by atoms with Gasteiger partial charge in [-0.15, -0.1) is 0 Å². The highest BCUT2D eigenvalue weighted by Gasteiger charge is 2.11. The van der Waals surface area contributed by atoms with Crippen LogP contribution in [0.15, 0.2) is 12.2 Å². The number of carbonyl (C=O) groups is 2. The lowest BCUT2D eigenvalue weighted by Gasteiger charge is -2.17. The van der Waals surface area contributed by atoms with Crippen molar-refractivity contribution in [2.24, 2.45) is 0 Å². The Balaban J connectivity index is 2.43. The summed E-state index contributed by atoms with van der Waals surface area (Å²) in [6, 6.07) is 0. The molecule has 0 fully saturated rings. The lowest BCUT2D eigenvalue weighted by Crippen LogP contribution is -2.36. The van der Waals surface area contributed by atoms with Crippen molar-refractivity contribution in [3.63, 3.8) is 0 Å². The Morgan fingerprint density at radius 1 is 1.70 bits per heavy atom. The van der Waals surface area contributed by atoms with Gasteiger partial charge in [0.05, 0.1) is 12.7 Å². The summed E-state index contributed by atoms with van der Waals surface area (Å²) in [6.45, 7) is 0.986. The quantitative estimate of drug-likeness (QED) is 0.369. The molecule has 0 aromatic carbocycles. The standard InChI is InChI=1S/C6H7BNO2/c9-5-7-8-3-1-2-6(10)4-8/h1-2,5H,3-4H2. The smallest absolute Gasteiger partial charge is 0.293 e. The van der Waals surface area contributed by atoms with Gasteiger partial charge in [-0.3, -0.25) is 4.79 Å². The molecule has 1 rings (SSSR count). The Labute approximate surface area is 60.0 Å². The van der Waals surface area contributed by atoms with Crippen LogP contribution in [0, 0.1) is 0 Å². The van der Waals surface area contributed by atoms with Gasteiger partial charge in [0.1, 0.15) is 0 Å². The third-order valence-corrected chi connectivity index (χ3v) is 1.27. The highest BCUT2D eigenvalue weighted by Crippen LogP contribution is 1.94. The van der Waals surface area contributed by atoms with Crippen LogP contribution in [-0.2, 0) is 9.59 Å². The molecule has 0 spiro atoms. The fourth-order valence-corrected chi connectivity index (χ4v) is 0.837. The minimum Gasteiger partial charge on any atom is -0.330 e. The minimum atomic E-state index is 0.0457. The van der Waals surface area contributed by atoms with Gasteiger partial charge in [-0.2, -0.15) is 0 Å². The second-order valence-corrected chi connectivity index (χ2v) is 2.08. The highest BCUT2D eigenvalue weighted by molar-refractivity contribution is 6.64. The van der Waals surface area contributed by atoms with Gasteiger partial charge in [-0.1, -0.05) is 6.08 Å². The van der Waals surface area contributed by atoms with Crippen molar-refractivity contribution in [3.8, 4) is 0 Å². The van der Waals surface area contributed by atoms with Gasteiger partial charge >= 0.3 is 0 Å². The molecule has 1 aliphatic rings. The molecule has 4 heteroatoms. The van der Waals surface area contributed by atoms with Gasteiger partial charge in [0, 0.05) is 6.54 Å². The number of rotatable bonds is 2. The summed E-state index contributed by atoms with van der Waals surface area (Å²) in [5.41, 5.74) is 0. The normalized spacial score (nSPS) is 19.0. The molecule has 1 aliphatic heterocycles. The van der Waals surface area contributed by atoms with Gasteiger partial charge in [-0.05, 0) is 6.08 Å². The van der Waals surface area contributed by atoms with E-state index in [1.54, 1.807) is 10.9 Å². The Morgan fingerprint density at radius 2 is 2.50 bits per heavy atom. The molecule has 51 valence electrons. The van der Waals surface area contributed by atoms with E-state index in [9.17, 15) is 9.59 Å². The summed E-state index contributed by atoms with van der Waals surface area (Å²) >= 11 is 0. The van der Waals surface area contributed by atoms with Crippen LogP contribution in [0.5, 0.6) is 0 Å². The molecule has 0 unspecified atom stereocenters. The van der Waals surface area contributed by atoms with E-state index in [1.807, 2.05) is 0 Å². The Hall–Kier alpha value is -0.895. The van der Waals surface area contributed by atoms with Crippen LogP contribution in [0.3, 0.4) is 0 Å². The molecule has 0 aliphatic carbocycles. The van der Waals surface area contributed by atoms with Gasteiger partial charge in [0.25, 0.3) is 7.41 Å². The zero-order valence-electron chi connectivity index (χ0n) is 5.49. The van der Waals surface area contributed by atoms with E-state index in [0.717, 1.165) is 0 Å². The van der Waals surface area contributed by atoms with E-state index >= 15 is 0 Å². The maximum absolute atomic E-state index is 10.7. The second-order valence-electron chi connectivity index (χ2n) is 2.08. The number of hydrogen-bond donors (Lipinski definition) is 0. The Kier molecular flexibility index (Phi) is 2.39. The van der Waals surface area contributed by atoms with Gasteiger partial charge in [0.2, 0.25) is 0 Å². The average Bonchev–Trinajstić information content (AvgIpc) is 1.88. The lowest BCUT2D eigenvalue weighted by molar-refractivity contribution is -0.115. The summed E-state index contributed by atoms with van der Waals surface area (Å²) in [5.74, 6) is 0.0457. The third kappa shape index (κ3) is 1.81. The molecular weight excluding hydrogens is 129 g/mol. The molecule has 0 aromatic rings. The van der Waals surface area contributed by atoms with Crippen LogP contribution in [0.4, 0.5) is 0 Å². The van der Waals surface area contributed by atoms with Crippen LogP contribution >= 0.6 is 0 Å². The molecule has 10 heavy (non-hydrogen) atoms. The Morgan fingerprint density at radius 3 is 3.10 bits per heavy atom. The van der Waals surface area contributed by atoms with Crippen molar-refractivity contribution in [3.05, 3.63) is 12.2 Å². The van der Waals surface area contributed by atoms with Crippen molar-refractivity contribution in [1.82, 2.24) is 4.81 Å². The van der Waals surface area contributed by atoms with Crippen LogP contribution in [-0.4, -0.2) is 37.3 Å². The molecule has 0 bridgehead atoms. The lowest BCUT2D eigenvalue weighted by atomic mass is 9.93. The molecule has 0 saturated carbocycles. The number of carbonyl (C=O) groups excluding carboxylic acids is 2. The van der Waals surface area contributed by atoms with E-state index in [-0.39, 0.29) is 5.78 Å². The molecule has 3 nitrogen and oxygen atoms in total. The fourth-order valence-electron chi connectivity index (χ4n) is 0.837. The van der Waals surface area contributed by atoms with Crippen molar-refractivity contribution in [1.29, 1.82) is 0 Å². The maximum atomic E-state index is 10.7. The summed E-state index contributed by atoms with van der Waals surface area (Å²) in [5, 5.41) is 0. The van der Waals surface area contributed by atoms with Crippen molar-refractivity contribution in [2.75, 3.05) is 13.1 Å². The summed E-state index contributed by atoms with van der Waals surface area (Å²) in [4.78, 5) is 22.3. The van der Waals surface area contributed by atoms with Crippen LogP contribution < -0.4 is 0 Å². The number of nitrogens with zero attached hydrogens (tertiary/aromatic N) is 1.